The summed E-state index contributed by atoms with van der Waals surface area (Å²) >= 11 is 0. The lowest BCUT2D eigenvalue weighted by Crippen LogP contribution is -2.18. The molecule has 0 bridgehead atoms. The average molecular weight is 272 g/mol. The van der Waals surface area contributed by atoms with Crippen molar-refractivity contribution in [3.63, 3.8) is 0 Å². The normalized spacial score (nSPS) is 17.8. The average Bonchev–Trinajstić information content (AvgIpc) is 2.84. The number of nitrogens with two attached hydrogens (primary N) is 1. The minimum Gasteiger partial charge on any atom is -0.492 e. The van der Waals surface area contributed by atoms with E-state index in [9.17, 15) is 0 Å². The second kappa shape index (κ2) is 5.15. The van der Waals surface area contributed by atoms with Crippen LogP contribution in [-0.4, -0.2) is 21.4 Å². The third kappa shape index (κ3) is 2.35. The maximum absolute atomic E-state index is 6.00. The molecular formula is C15H20N4O. The molecule has 106 valence electrons. The molecule has 2 aromatic rings. The number of aryl methyl sites for hydroxylation is 1. The first kappa shape index (κ1) is 13.0. The molecule has 0 amide bonds. The number of nitrogens with zero attached hydrogens (tertiary/aromatic N) is 3. The number of rotatable bonds is 3. The van der Waals surface area contributed by atoms with Crippen molar-refractivity contribution in [3.05, 3.63) is 24.0 Å². The summed E-state index contributed by atoms with van der Waals surface area (Å²) in [6, 6.07) is 5.73. The SMILES string of the molecule is CCOc1ccc(-c2nc3n(n2)CCC(C)C3)cc1N. The van der Waals surface area contributed by atoms with Gasteiger partial charge in [-0.3, -0.25) is 0 Å². The molecule has 1 aromatic carbocycles. The molecule has 1 aliphatic heterocycles. The summed E-state index contributed by atoms with van der Waals surface area (Å²) in [5.41, 5.74) is 7.58. The van der Waals surface area contributed by atoms with Gasteiger partial charge in [-0.25, -0.2) is 9.67 Å². The smallest absolute Gasteiger partial charge is 0.181 e. The van der Waals surface area contributed by atoms with Crippen LogP contribution < -0.4 is 10.5 Å². The van der Waals surface area contributed by atoms with Gasteiger partial charge < -0.3 is 10.5 Å². The minimum atomic E-state index is 0.610. The Morgan fingerprint density at radius 3 is 3.05 bits per heavy atom. The van der Waals surface area contributed by atoms with Crippen molar-refractivity contribution in [2.75, 3.05) is 12.3 Å². The van der Waals surface area contributed by atoms with Crippen LogP contribution in [0, 0.1) is 5.92 Å². The number of nitrogen functional groups attached to an aromatic ring is 1. The summed E-state index contributed by atoms with van der Waals surface area (Å²) in [6.45, 7) is 5.76. The molecule has 0 fully saturated rings. The summed E-state index contributed by atoms with van der Waals surface area (Å²) in [4.78, 5) is 4.64. The number of aromatic nitrogens is 3. The molecule has 1 aromatic heterocycles. The van der Waals surface area contributed by atoms with E-state index in [4.69, 9.17) is 10.5 Å². The van der Waals surface area contributed by atoms with Gasteiger partial charge in [0.05, 0.1) is 12.3 Å². The third-order valence-electron chi connectivity index (χ3n) is 3.68. The van der Waals surface area contributed by atoms with E-state index in [1.54, 1.807) is 0 Å². The van der Waals surface area contributed by atoms with Crippen LogP contribution in [0.2, 0.25) is 0 Å². The van der Waals surface area contributed by atoms with Gasteiger partial charge in [-0.1, -0.05) is 6.92 Å². The molecule has 20 heavy (non-hydrogen) atoms. The summed E-state index contributed by atoms with van der Waals surface area (Å²) in [5.74, 6) is 3.23. The van der Waals surface area contributed by atoms with Gasteiger partial charge in [0.2, 0.25) is 0 Å². The zero-order chi connectivity index (χ0) is 14.1. The Labute approximate surface area is 118 Å². The molecule has 1 unspecified atom stereocenters. The van der Waals surface area contributed by atoms with Gasteiger partial charge in [-0.15, -0.1) is 0 Å². The zero-order valence-corrected chi connectivity index (χ0v) is 12.0. The number of anilines is 1. The van der Waals surface area contributed by atoms with Crippen LogP contribution in [0.5, 0.6) is 5.75 Å². The van der Waals surface area contributed by atoms with Crippen molar-refractivity contribution in [1.29, 1.82) is 0 Å². The van der Waals surface area contributed by atoms with Gasteiger partial charge in [-0.05, 0) is 37.5 Å². The number of hydrogen-bond donors (Lipinski definition) is 1. The van der Waals surface area contributed by atoms with Gasteiger partial charge in [0.15, 0.2) is 5.82 Å². The van der Waals surface area contributed by atoms with Crippen molar-refractivity contribution in [2.24, 2.45) is 5.92 Å². The van der Waals surface area contributed by atoms with E-state index in [1.165, 1.54) is 6.42 Å². The highest BCUT2D eigenvalue weighted by molar-refractivity contribution is 5.66. The van der Waals surface area contributed by atoms with Gasteiger partial charge in [0.1, 0.15) is 11.6 Å². The van der Waals surface area contributed by atoms with Crippen LogP contribution in [0.25, 0.3) is 11.4 Å². The van der Waals surface area contributed by atoms with Crippen molar-refractivity contribution >= 4 is 5.69 Å². The fraction of sp³-hybridized carbons (Fsp3) is 0.467. The summed E-state index contributed by atoms with van der Waals surface area (Å²) in [7, 11) is 0. The number of benzene rings is 1. The molecule has 3 rings (SSSR count). The second-order valence-electron chi connectivity index (χ2n) is 5.36. The Hall–Kier alpha value is -2.04. The standard InChI is InChI=1S/C15H20N4O/c1-3-20-13-5-4-11(9-12(13)16)15-17-14-8-10(2)6-7-19(14)18-15/h4-5,9-10H,3,6-8,16H2,1-2H3. The number of ether oxygens (including phenoxy) is 1. The van der Waals surface area contributed by atoms with Crippen molar-refractivity contribution in [3.8, 4) is 17.1 Å². The first-order chi connectivity index (χ1) is 9.67. The van der Waals surface area contributed by atoms with Gasteiger partial charge >= 0.3 is 0 Å². The lowest BCUT2D eigenvalue weighted by molar-refractivity contribution is 0.342. The second-order valence-corrected chi connectivity index (χ2v) is 5.36. The first-order valence-electron chi connectivity index (χ1n) is 7.13. The molecule has 1 aliphatic rings. The molecule has 0 saturated carbocycles. The van der Waals surface area contributed by atoms with Gasteiger partial charge in [-0.2, -0.15) is 5.10 Å². The fourth-order valence-electron chi connectivity index (χ4n) is 2.56. The van der Waals surface area contributed by atoms with Crippen LogP contribution in [0.3, 0.4) is 0 Å². The number of hydrogen-bond acceptors (Lipinski definition) is 4. The Balaban J connectivity index is 1.91. The molecule has 2 N–H and O–H groups in total. The van der Waals surface area contributed by atoms with Crippen LogP contribution >= 0.6 is 0 Å². The summed E-state index contributed by atoms with van der Waals surface area (Å²) < 4.78 is 7.47. The van der Waals surface area contributed by atoms with Crippen LogP contribution in [0.4, 0.5) is 5.69 Å². The molecule has 0 spiro atoms. The Bertz CT molecular complexity index is 620. The molecular weight excluding hydrogens is 252 g/mol. The summed E-state index contributed by atoms with van der Waals surface area (Å²) in [5, 5.41) is 4.58. The van der Waals surface area contributed by atoms with E-state index >= 15 is 0 Å². The van der Waals surface area contributed by atoms with Crippen molar-refractivity contribution < 1.29 is 4.74 Å². The zero-order valence-electron chi connectivity index (χ0n) is 12.0. The lowest BCUT2D eigenvalue weighted by atomic mass is 10.0. The maximum atomic E-state index is 6.00. The van der Waals surface area contributed by atoms with E-state index in [2.05, 4.69) is 17.0 Å². The molecule has 2 heterocycles. The quantitative estimate of drug-likeness (QED) is 0.872. The highest BCUT2D eigenvalue weighted by Gasteiger charge is 2.19. The molecule has 0 aliphatic carbocycles. The van der Waals surface area contributed by atoms with Gasteiger partial charge in [0, 0.05) is 18.5 Å². The third-order valence-corrected chi connectivity index (χ3v) is 3.68. The molecule has 5 heteroatoms. The highest BCUT2D eigenvalue weighted by Crippen LogP contribution is 2.28. The largest absolute Gasteiger partial charge is 0.492 e. The molecule has 5 nitrogen and oxygen atoms in total. The topological polar surface area (TPSA) is 66.0 Å². The summed E-state index contributed by atoms with van der Waals surface area (Å²) in [6.07, 6.45) is 2.17. The van der Waals surface area contributed by atoms with Crippen LogP contribution in [0.15, 0.2) is 18.2 Å². The predicted octanol–water partition coefficient (Wildman–Crippen LogP) is 2.51. The first-order valence-corrected chi connectivity index (χ1v) is 7.13. The number of fused-ring (bicyclic) bond motifs is 1. The van der Waals surface area contributed by atoms with Crippen LogP contribution in [-0.2, 0) is 13.0 Å². The van der Waals surface area contributed by atoms with E-state index in [0.717, 1.165) is 30.2 Å². The molecule has 0 radical (unpaired) electrons. The van der Waals surface area contributed by atoms with Crippen molar-refractivity contribution in [1.82, 2.24) is 14.8 Å². The Morgan fingerprint density at radius 1 is 1.45 bits per heavy atom. The lowest BCUT2D eigenvalue weighted by Gasteiger charge is -2.17. The monoisotopic (exact) mass is 272 g/mol. The fourth-order valence-corrected chi connectivity index (χ4v) is 2.56. The van der Waals surface area contributed by atoms with Gasteiger partial charge in [0.25, 0.3) is 0 Å². The van der Waals surface area contributed by atoms with E-state index < -0.39 is 0 Å². The predicted molar refractivity (Wildman–Crippen MR) is 78.5 cm³/mol. The van der Waals surface area contributed by atoms with E-state index in [1.807, 2.05) is 29.8 Å². The minimum absolute atomic E-state index is 0.610. The molecule has 1 atom stereocenters. The van der Waals surface area contributed by atoms with Crippen LogP contribution in [0.1, 0.15) is 26.1 Å². The Morgan fingerprint density at radius 2 is 2.30 bits per heavy atom. The maximum Gasteiger partial charge on any atom is 0.181 e. The van der Waals surface area contributed by atoms with E-state index in [-0.39, 0.29) is 0 Å². The Kier molecular flexibility index (Phi) is 3.34. The van der Waals surface area contributed by atoms with Crippen molar-refractivity contribution in [2.45, 2.75) is 33.2 Å². The molecule has 0 saturated heterocycles. The highest BCUT2D eigenvalue weighted by atomic mass is 16.5. The van der Waals surface area contributed by atoms with E-state index in [0.29, 0.717) is 24.0 Å².